The Morgan fingerprint density at radius 2 is 2.00 bits per heavy atom. The van der Waals surface area contributed by atoms with Crippen LogP contribution in [0.4, 0.5) is 0 Å². The summed E-state index contributed by atoms with van der Waals surface area (Å²) < 4.78 is 0.975. The van der Waals surface area contributed by atoms with Crippen molar-refractivity contribution in [2.75, 3.05) is 13.6 Å². The van der Waals surface area contributed by atoms with E-state index in [1.54, 1.807) is 0 Å². The van der Waals surface area contributed by atoms with E-state index in [4.69, 9.17) is 11.6 Å². The molecule has 1 atom stereocenters. The highest BCUT2D eigenvalue weighted by atomic mass is 79.9. The lowest BCUT2D eigenvalue weighted by atomic mass is 10.1. The molecule has 1 N–H and O–H groups in total. The fraction of sp³-hybridized carbons (Fsp3) is 0.294. The Labute approximate surface area is 139 Å². The van der Waals surface area contributed by atoms with E-state index in [1.165, 1.54) is 0 Å². The molecular formula is C17H19BrClNO. The first-order chi connectivity index (χ1) is 9.95. The fourth-order valence-corrected chi connectivity index (χ4v) is 2.96. The van der Waals surface area contributed by atoms with Crippen LogP contribution in [0.1, 0.15) is 22.8 Å². The maximum Gasteiger partial charge on any atom is 0.0917 e. The highest BCUT2D eigenvalue weighted by molar-refractivity contribution is 9.10. The molecule has 0 aromatic heterocycles. The zero-order valence-corrected chi connectivity index (χ0v) is 14.5. The summed E-state index contributed by atoms with van der Waals surface area (Å²) in [6.45, 7) is 3.29. The van der Waals surface area contributed by atoms with Crippen molar-refractivity contribution >= 4 is 27.5 Å². The predicted octanol–water partition coefficient (Wildman–Crippen LogP) is 4.58. The molecule has 0 radical (unpaired) electrons. The van der Waals surface area contributed by atoms with Crippen molar-refractivity contribution in [1.29, 1.82) is 0 Å². The van der Waals surface area contributed by atoms with Gasteiger partial charge in [-0.2, -0.15) is 0 Å². The molecule has 4 heteroatoms. The van der Waals surface area contributed by atoms with Crippen molar-refractivity contribution in [1.82, 2.24) is 4.90 Å². The minimum Gasteiger partial charge on any atom is -0.387 e. The minimum atomic E-state index is -0.517. The Balaban J connectivity index is 1.99. The van der Waals surface area contributed by atoms with E-state index in [0.29, 0.717) is 13.1 Å². The third kappa shape index (κ3) is 4.82. The molecule has 0 aliphatic rings. The Kier molecular flexibility index (Phi) is 5.82. The van der Waals surface area contributed by atoms with Gasteiger partial charge in [0.1, 0.15) is 0 Å². The van der Waals surface area contributed by atoms with Crippen molar-refractivity contribution < 1.29 is 5.11 Å². The number of hydrogen-bond acceptors (Lipinski definition) is 2. The van der Waals surface area contributed by atoms with Gasteiger partial charge in [0, 0.05) is 22.6 Å². The lowest BCUT2D eigenvalue weighted by Crippen LogP contribution is -2.24. The van der Waals surface area contributed by atoms with E-state index in [9.17, 15) is 5.11 Å². The molecule has 0 aliphatic carbocycles. The first-order valence-electron chi connectivity index (χ1n) is 6.83. The third-order valence-corrected chi connectivity index (χ3v) is 4.21. The number of halogens is 2. The summed E-state index contributed by atoms with van der Waals surface area (Å²) in [6.07, 6.45) is -0.517. The van der Waals surface area contributed by atoms with Gasteiger partial charge in [0.15, 0.2) is 0 Å². The summed E-state index contributed by atoms with van der Waals surface area (Å²) in [5.74, 6) is 0. The lowest BCUT2D eigenvalue weighted by Gasteiger charge is -2.21. The van der Waals surface area contributed by atoms with Gasteiger partial charge in [-0.3, -0.25) is 4.90 Å². The number of aryl methyl sites for hydroxylation is 1. The fourth-order valence-electron chi connectivity index (χ4n) is 2.25. The number of nitrogens with zero attached hydrogens (tertiary/aromatic N) is 1. The topological polar surface area (TPSA) is 23.5 Å². The van der Waals surface area contributed by atoms with Crippen molar-refractivity contribution in [3.8, 4) is 0 Å². The number of rotatable bonds is 5. The summed E-state index contributed by atoms with van der Waals surface area (Å²) >= 11 is 9.68. The Bertz CT molecular complexity index is 617. The van der Waals surface area contributed by atoms with Crippen LogP contribution in [0.5, 0.6) is 0 Å². The van der Waals surface area contributed by atoms with Crippen LogP contribution in [0.3, 0.4) is 0 Å². The van der Waals surface area contributed by atoms with Crippen molar-refractivity contribution in [3.63, 3.8) is 0 Å². The van der Waals surface area contributed by atoms with E-state index in [0.717, 1.165) is 26.2 Å². The molecule has 0 spiro atoms. The molecule has 2 nitrogen and oxygen atoms in total. The molecule has 0 aliphatic heterocycles. The molecule has 112 valence electrons. The third-order valence-electron chi connectivity index (χ3n) is 3.37. The van der Waals surface area contributed by atoms with E-state index in [-0.39, 0.29) is 0 Å². The van der Waals surface area contributed by atoms with Crippen molar-refractivity contribution in [2.45, 2.75) is 19.6 Å². The van der Waals surface area contributed by atoms with Crippen LogP contribution in [0.2, 0.25) is 5.02 Å². The van der Waals surface area contributed by atoms with Gasteiger partial charge in [-0.25, -0.2) is 0 Å². The summed E-state index contributed by atoms with van der Waals surface area (Å²) in [6, 6.07) is 13.8. The zero-order chi connectivity index (χ0) is 15.4. The number of aliphatic hydroxyl groups excluding tert-OH is 1. The zero-order valence-electron chi connectivity index (χ0n) is 12.2. The van der Waals surface area contributed by atoms with E-state index in [1.807, 2.05) is 50.4 Å². The van der Waals surface area contributed by atoms with Gasteiger partial charge in [0.2, 0.25) is 0 Å². The first kappa shape index (κ1) is 16.5. The number of aliphatic hydroxyl groups is 1. The molecular weight excluding hydrogens is 350 g/mol. The second kappa shape index (κ2) is 7.41. The highest BCUT2D eigenvalue weighted by Gasteiger charge is 2.12. The summed E-state index contributed by atoms with van der Waals surface area (Å²) in [4.78, 5) is 2.07. The molecule has 0 bridgehead atoms. The second-order valence-electron chi connectivity index (χ2n) is 5.36. The first-order valence-corrected chi connectivity index (χ1v) is 8.00. The molecule has 2 aromatic rings. The molecule has 2 aromatic carbocycles. The van der Waals surface area contributed by atoms with Crippen molar-refractivity contribution in [3.05, 3.63) is 68.7 Å². The van der Waals surface area contributed by atoms with E-state index < -0.39 is 6.10 Å². The molecule has 21 heavy (non-hydrogen) atoms. The molecule has 0 heterocycles. The maximum atomic E-state index is 10.3. The van der Waals surface area contributed by atoms with E-state index in [2.05, 4.69) is 26.9 Å². The standard InChI is InChI=1S/C17H19BrClNO/c1-12-6-7-14(16(19)8-12)10-20(2)11-17(21)13-4-3-5-15(18)9-13/h3-9,17,21H,10-11H2,1-2H3. The summed E-state index contributed by atoms with van der Waals surface area (Å²) in [5.41, 5.74) is 3.14. The van der Waals surface area contributed by atoms with Gasteiger partial charge < -0.3 is 5.11 Å². The average molecular weight is 369 g/mol. The predicted molar refractivity (Wildman–Crippen MR) is 91.6 cm³/mol. The Hall–Kier alpha value is -0.870. The van der Waals surface area contributed by atoms with Crippen LogP contribution in [0, 0.1) is 6.92 Å². The molecule has 0 amide bonds. The van der Waals surface area contributed by atoms with Gasteiger partial charge in [0.25, 0.3) is 0 Å². The SMILES string of the molecule is Cc1ccc(CN(C)CC(O)c2cccc(Br)c2)c(Cl)c1. The molecule has 0 saturated carbocycles. The van der Waals surface area contributed by atoms with E-state index >= 15 is 0 Å². The molecule has 1 unspecified atom stereocenters. The number of likely N-dealkylation sites (N-methyl/N-ethyl adjacent to an activating group) is 1. The van der Waals surface area contributed by atoms with Gasteiger partial charge in [-0.05, 0) is 48.9 Å². The van der Waals surface area contributed by atoms with Crippen LogP contribution in [-0.4, -0.2) is 23.6 Å². The lowest BCUT2D eigenvalue weighted by molar-refractivity contribution is 0.124. The largest absolute Gasteiger partial charge is 0.387 e. The normalized spacial score (nSPS) is 12.7. The molecule has 0 fully saturated rings. The van der Waals surface area contributed by atoms with Gasteiger partial charge in [0.05, 0.1) is 6.10 Å². The van der Waals surface area contributed by atoms with Crippen LogP contribution >= 0.6 is 27.5 Å². The van der Waals surface area contributed by atoms with Crippen molar-refractivity contribution in [2.24, 2.45) is 0 Å². The second-order valence-corrected chi connectivity index (χ2v) is 6.69. The van der Waals surface area contributed by atoms with Gasteiger partial charge in [-0.15, -0.1) is 0 Å². The van der Waals surface area contributed by atoms with Crippen LogP contribution in [0.25, 0.3) is 0 Å². The van der Waals surface area contributed by atoms with Gasteiger partial charge in [-0.1, -0.05) is 51.8 Å². The molecule has 2 rings (SSSR count). The average Bonchev–Trinajstić information content (AvgIpc) is 2.42. The smallest absolute Gasteiger partial charge is 0.0917 e. The number of hydrogen-bond donors (Lipinski definition) is 1. The van der Waals surface area contributed by atoms with Crippen LogP contribution in [0.15, 0.2) is 46.9 Å². The number of benzene rings is 2. The summed E-state index contributed by atoms with van der Waals surface area (Å²) in [7, 11) is 1.98. The van der Waals surface area contributed by atoms with Crippen LogP contribution < -0.4 is 0 Å². The molecule has 0 saturated heterocycles. The monoisotopic (exact) mass is 367 g/mol. The quantitative estimate of drug-likeness (QED) is 0.835. The highest BCUT2D eigenvalue weighted by Crippen LogP contribution is 2.22. The Morgan fingerprint density at radius 1 is 1.24 bits per heavy atom. The van der Waals surface area contributed by atoms with Gasteiger partial charge >= 0.3 is 0 Å². The van der Waals surface area contributed by atoms with Crippen LogP contribution in [-0.2, 0) is 6.54 Å². The summed E-state index contributed by atoms with van der Waals surface area (Å²) in [5, 5.41) is 11.1. The Morgan fingerprint density at radius 3 is 2.67 bits per heavy atom. The maximum absolute atomic E-state index is 10.3. The minimum absolute atomic E-state index is 0.517.